The molecule has 0 bridgehead atoms. The highest BCUT2D eigenvalue weighted by Gasteiger charge is 2.29. The van der Waals surface area contributed by atoms with Crippen LogP contribution in [0.1, 0.15) is 24.6 Å². The summed E-state index contributed by atoms with van der Waals surface area (Å²) in [5.74, 6) is 0.116. The first-order valence-corrected chi connectivity index (χ1v) is 8.79. The summed E-state index contributed by atoms with van der Waals surface area (Å²) in [6, 6.07) is 11.1. The molecule has 3 aromatic rings. The third-order valence-electron chi connectivity index (χ3n) is 4.98. The number of piperidine rings is 1. The molecule has 1 atom stereocenters. The highest BCUT2D eigenvalue weighted by molar-refractivity contribution is 5.99. The quantitative estimate of drug-likeness (QED) is 0.676. The van der Waals surface area contributed by atoms with Gasteiger partial charge in [0.25, 0.3) is 0 Å². The molecule has 1 aromatic carbocycles. The van der Waals surface area contributed by atoms with Crippen LogP contribution < -0.4 is 5.32 Å². The first kappa shape index (κ1) is 16.5. The van der Waals surface area contributed by atoms with Gasteiger partial charge in [-0.25, -0.2) is 4.79 Å². The SMILES string of the molecule is O=C(Nc1cccc2cn[nH]c12)N1CCC(C(O)c2ccccn2)CC1. The van der Waals surface area contributed by atoms with Gasteiger partial charge in [-0.2, -0.15) is 5.10 Å². The number of anilines is 1. The summed E-state index contributed by atoms with van der Waals surface area (Å²) in [7, 11) is 0. The molecule has 1 saturated heterocycles. The molecule has 0 aliphatic carbocycles. The van der Waals surface area contributed by atoms with Crippen LogP contribution in [0.4, 0.5) is 10.5 Å². The van der Waals surface area contributed by atoms with E-state index < -0.39 is 6.10 Å². The molecule has 2 aromatic heterocycles. The lowest BCUT2D eigenvalue weighted by atomic mass is 9.89. The maximum Gasteiger partial charge on any atom is 0.321 e. The highest BCUT2D eigenvalue weighted by atomic mass is 16.3. The van der Waals surface area contributed by atoms with Crippen LogP contribution in [0.25, 0.3) is 10.9 Å². The van der Waals surface area contributed by atoms with Crippen LogP contribution in [0.3, 0.4) is 0 Å². The number of amides is 2. The van der Waals surface area contributed by atoms with Gasteiger partial charge in [0.1, 0.15) is 0 Å². The number of fused-ring (bicyclic) bond motifs is 1. The van der Waals surface area contributed by atoms with Crippen LogP contribution in [-0.2, 0) is 0 Å². The molecule has 0 radical (unpaired) electrons. The summed E-state index contributed by atoms with van der Waals surface area (Å²) in [5, 5.41) is 21.4. The smallest absolute Gasteiger partial charge is 0.321 e. The predicted octanol–water partition coefficient (Wildman–Crippen LogP) is 2.94. The molecule has 26 heavy (non-hydrogen) atoms. The van der Waals surface area contributed by atoms with E-state index in [9.17, 15) is 9.90 Å². The van der Waals surface area contributed by atoms with E-state index in [0.717, 1.165) is 29.4 Å². The Labute approximate surface area is 151 Å². The van der Waals surface area contributed by atoms with E-state index >= 15 is 0 Å². The molecule has 134 valence electrons. The number of hydrogen-bond donors (Lipinski definition) is 3. The molecule has 2 amide bonds. The molecule has 7 nitrogen and oxygen atoms in total. The summed E-state index contributed by atoms with van der Waals surface area (Å²) in [4.78, 5) is 18.6. The molecule has 7 heteroatoms. The molecular weight excluding hydrogens is 330 g/mol. The zero-order valence-electron chi connectivity index (χ0n) is 14.3. The van der Waals surface area contributed by atoms with Gasteiger partial charge in [-0.15, -0.1) is 0 Å². The van der Waals surface area contributed by atoms with Crippen molar-refractivity contribution in [3.8, 4) is 0 Å². The summed E-state index contributed by atoms with van der Waals surface area (Å²) in [6.45, 7) is 1.22. The van der Waals surface area contributed by atoms with Crippen molar-refractivity contribution in [2.45, 2.75) is 18.9 Å². The Morgan fingerprint density at radius 2 is 2.08 bits per heavy atom. The van der Waals surface area contributed by atoms with Gasteiger partial charge in [0.15, 0.2) is 0 Å². The van der Waals surface area contributed by atoms with Crippen LogP contribution in [0.2, 0.25) is 0 Å². The number of carbonyl (C=O) groups excluding carboxylic acids is 1. The van der Waals surface area contributed by atoms with Gasteiger partial charge >= 0.3 is 6.03 Å². The number of nitrogens with one attached hydrogen (secondary N) is 2. The lowest BCUT2D eigenvalue weighted by molar-refractivity contribution is 0.0652. The normalized spacial score (nSPS) is 16.6. The van der Waals surface area contributed by atoms with Gasteiger partial charge in [0, 0.05) is 24.7 Å². The van der Waals surface area contributed by atoms with Gasteiger partial charge in [0.05, 0.1) is 29.2 Å². The molecule has 1 unspecified atom stereocenters. The van der Waals surface area contributed by atoms with E-state index in [1.165, 1.54) is 0 Å². The summed E-state index contributed by atoms with van der Waals surface area (Å²) in [6.07, 6.45) is 4.34. The highest BCUT2D eigenvalue weighted by Crippen LogP contribution is 2.30. The number of H-pyrrole nitrogens is 1. The number of hydrogen-bond acceptors (Lipinski definition) is 4. The number of carbonyl (C=O) groups is 1. The predicted molar refractivity (Wildman–Crippen MR) is 98.6 cm³/mol. The summed E-state index contributed by atoms with van der Waals surface area (Å²) >= 11 is 0. The Balaban J connectivity index is 1.37. The second kappa shape index (κ2) is 7.13. The van der Waals surface area contributed by atoms with E-state index in [1.54, 1.807) is 17.3 Å². The lowest BCUT2D eigenvalue weighted by Crippen LogP contribution is -2.42. The molecule has 3 N–H and O–H groups in total. The number of urea groups is 1. The lowest BCUT2D eigenvalue weighted by Gasteiger charge is -2.34. The summed E-state index contributed by atoms with van der Waals surface area (Å²) < 4.78 is 0. The van der Waals surface area contributed by atoms with Crippen LogP contribution in [0.5, 0.6) is 0 Å². The molecule has 0 saturated carbocycles. The number of aliphatic hydroxyl groups excluding tert-OH is 1. The zero-order valence-corrected chi connectivity index (χ0v) is 14.3. The molecule has 0 spiro atoms. The fourth-order valence-electron chi connectivity index (χ4n) is 3.48. The monoisotopic (exact) mass is 351 g/mol. The van der Waals surface area contributed by atoms with Crippen LogP contribution in [0.15, 0.2) is 48.8 Å². The van der Waals surface area contributed by atoms with E-state index in [0.29, 0.717) is 18.8 Å². The van der Waals surface area contributed by atoms with E-state index in [2.05, 4.69) is 20.5 Å². The van der Waals surface area contributed by atoms with Gasteiger partial charge in [-0.3, -0.25) is 10.1 Å². The Morgan fingerprint density at radius 1 is 1.23 bits per heavy atom. The van der Waals surface area contributed by atoms with Crippen LogP contribution in [0, 0.1) is 5.92 Å². The minimum Gasteiger partial charge on any atom is -0.387 e. The molecule has 1 aliphatic heterocycles. The fraction of sp³-hybridized carbons (Fsp3) is 0.316. The summed E-state index contributed by atoms with van der Waals surface area (Å²) in [5.41, 5.74) is 2.24. The first-order chi connectivity index (χ1) is 12.7. The number of likely N-dealkylation sites (tertiary alicyclic amines) is 1. The molecule has 1 aliphatic rings. The molecule has 3 heterocycles. The van der Waals surface area contributed by atoms with Gasteiger partial charge < -0.3 is 15.3 Å². The van der Waals surface area contributed by atoms with Crippen molar-refractivity contribution < 1.29 is 9.90 Å². The fourth-order valence-corrected chi connectivity index (χ4v) is 3.48. The van der Waals surface area contributed by atoms with Crippen LogP contribution >= 0.6 is 0 Å². The van der Waals surface area contributed by atoms with Gasteiger partial charge in [-0.1, -0.05) is 18.2 Å². The third kappa shape index (κ3) is 3.25. The van der Waals surface area contributed by atoms with E-state index in [-0.39, 0.29) is 11.9 Å². The van der Waals surface area contributed by atoms with Crippen molar-refractivity contribution in [1.29, 1.82) is 0 Å². The minimum atomic E-state index is -0.583. The Bertz CT molecular complexity index is 887. The average Bonchev–Trinajstić information content (AvgIpc) is 3.18. The van der Waals surface area contributed by atoms with Gasteiger partial charge in [0.2, 0.25) is 0 Å². The Kier molecular flexibility index (Phi) is 4.53. The number of aromatic nitrogens is 3. The van der Waals surface area contributed by atoms with E-state index in [4.69, 9.17) is 0 Å². The van der Waals surface area contributed by atoms with Crippen molar-refractivity contribution in [2.75, 3.05) is 18.4 Å². The first-order valence-electron chi connectivity index (χ1n) is 8.79. The minimum absolute atomic E-state index is 0.116. The van der Waals surface area contributed by atoms with Crippen molar-refractivity contribution in [3.63, 3.8) is 0 Å². The maximum absolute atomic E-state index is 12.6. The number of aromatic amines is 1. The van der Waals surface area contributed by atoms with Crippen LogP contribution in [-0.4, -0.2) is 44.3 Å². The number of aliphatic hydroxyl groups is 1. The van der Waals surface area contributed by atoms with Gasteiger partial charge in [-0.05, 0) is 37.0 Å². The van der Waals surface area contributed by atoms with E-state index in [1.807, 2.05) is 36.4 Å². The van der Waals surface area contributed by atoms with Crippen molar-refractivity contribution in [2.24, 2.45) is 5.92 Å². The number of nitrogens with zero attached hydrogens (tertiary/aromatic N) is 3. The number of rotatable bonds is 3. The second-order valence-electron chi connectivity index (χ2n) is 6.59. The molecular formula is C19H21N5O2. The topological polar surface area (TPSA) is 94.1 Å². The number of benzene rings is 1. The van der Waals surface area contributed by atoms with Crippen molar-refractivity contribution >= 4 is 22.6 Å². The molecule has 4 rings (SSSR count). The third-order valence-corrected chi connectivity index (χ3v) is 4.98. The number of pyridine rings is 1. The second-order valence-corrected chi connectivity index (χ2v) is 6.59. The zero-order chi connectivity index (χ0) is 17.9. The Morgan fingerprint density at radius 3 is 2.85 bits per heavy atom. The van der Waals surface area contributed by atoms with Crippen molar-refractivity contribution in [1.82, 2.24) is 20.1 Å². The number of para-hydroxylation sites is 1. The van der Waals surface area contributed by atoms with Crippen molar-refractivity contribution in [3.05, 3.63) is 54.5 Å². The molecule has 1 fully saturated rings. The largest absolute Gasteiger partial charge is 0.387 e. The Hall–Kier alpha value is -2.93. The maximum atomic E-state index is 12.6. The standard InChI is InChI=1S/C19H21N5O2/c25-18(16-5-1-2-9-20-16)13-7-10-24(11-8-13)19(26)22-15-6-3-4-14-12-21-23-17(14)15/h1-6,9,12-13,18,25H,7-8,10-11H2,(H,21,23)(H,22,26). The average molecular weight is 351 g/mol.